The van der Waals surface area contributed by atoms with Crippen LogP contribution in [0.15, 0.2) is 60.4 Å². The zero-order valence-corrected chi connectivity index (χ0v) is 11.8. The maximum Gasteiger partial charge on any atom is 0.334 e. The van der Waals surface area contributed by atoms with E-state index in [1.807, 2.05) is 24.3 Å². The summed E-state index contributed by atoms with van der Waals surface area (Å²) < 4.78 is 10.4. The number of benzene rings is 2. The molecule has 0 bridgehead atoms. The predicted molar refractivity (Wildman–Crippen MR) is 82.6 cm³/mol. The van der Waals surface area contributed by atoms with Gasteiger partial charge in [-0.1, -0.05) is 42.5 Å². The molecule has 2 aromatic rings. The number of cyclic esters (lactones) is 1. The van der Waals surface area contributed by atoms with Gasteiger partial charge in [0, 0.05) is 6.42 Å². The molecule has 0 saturated carbocycles. The minimum Gasteiger partial charge on any atom is -0.501 e. The van der Waals surface area contributed by atoms with Crippen LogP contribution < -0.4 is 0 Å². The van der Waals surface area contributed by atoms with Gasteiger partial charge in [0.2, 0.25) is 0 Å². The molecule has 0 spiro atoms. The topological polar surface area (TPSA) is 35.5 Å². The Morgan fingerprint density at radius 1 is 1.19 bits per heavy atom. The van der Waals surface area contributed by atoms with Gasteiger partial charge in [0.1, 0.15) is 11.9 Å². The van der Waals surface area contributed by atoms with Crippen LogP contribution in [-0.4, -0.2) is 19.2 Å². The van der Waals surface area contributed by atoms with Gasteiger partial charge in [-0.15, -0.1) is 0 Å². The van der Waals surface area contributed by atoms with E-state index >= 15 is 0 Å². The van der Waals surface area contributed by atoms with Crippen molar-refractivity contribution in [2.75, 3.05) is 7.11 Å². The van der Waals surface area contributed by atoms with Gasteiger partial charge in [-0.25, -0.2) is 4.79 Å². The molecule has 0 fully saturated rings. The molecule has 0 aromatic heterocycles. The fourth-order valence-electron chi connectivity index (χ4n) is 2.39. The first-order valence-corrected chi connectivity index (χ1v) is 6.87. The normalized spacial score (nSPS) is 18.6. The van der Waals surface area contributed by atoms with Crippen LogP contribution in [0, 0.1) is 0 Å². The molecule has 1 aliphatic rings. The van der Waals surface area contributed by atoms with Crippen LogP contribution in [0.3, 0.4) is 0 Å². The molecular formula is C18H16O3. The number of rotatable bonds is 3. The van der Waals surface area contributed by atoms with Crippen molar-refractivity contribution in [1.29, 1.82) is 0 Å². The summed E-state index contributed by atoms with van der Waals surface area (Å²) in [4.78, 5) is 11.4. The van der Waals surface area contributed by atoms with E-state index in [1.165, 1.54) is 16.8 Å². The summed E-state index contributed by atoms with van der Waals surface area (Å²) >= 11 is 0. The maximum absolute atomic E-state index is 11.4. The Kier molecular flexibility index (Phi) is 3.73. The number of carbonyl (C=O) groups excluding carboxylic acids is 1. The molecule has 0 N–H and O–H groups in total. The highest BCUT2D eigenvalue weighted by Crippen LogP contribution is 2.20. The molecule has 3 heteroatoms. The Bertz CT molecular complexity index is 728. The molecule has 2 aromatic carbocycles. The number of hydrogen-bond acceptors (Lipinski definition) is 3. The highest BCUT2D eigenvalue weighted by Gasteiger charge is 2.19. The lowest BCUT2D eigenvalue weighted by atomic mass is 10.1. The van der Waals surface area contributed by atoms with Gasteiger partial charge in [0.05, 0.1) is 13.2 Å². The van der Waals surface area contributed by atoms with Crippen molar-refractivity contribution < 1.29 is 14.3 Å². The number of carbonyl (C=O) groups is 1. The molecule has 0 radical (unpaired) electrons. The second-order valence-corrected chi connectivity index (χ2v) is 4.96. The van der Waals surface area contributed by atoms with Gasteiger partial charge in [-0.3, -0.25) is 0 Å². The zero-order valence-electron chi connectivity index (χ0n) is 11.8. The van der Waals surface area contributed by atoms with E-state index < -0.39 is 0 Å². The van der Waals surface area contributed by atoms with Crippen LogP contribution in [0.1, 0.15) is 12.0 Å². The fourth-order valence-corrected chi connectivity index (χ4v) is 2.39. The molecule has 21 heavy (non-hydrogen) atoms. The van der Waals surface area contributed by atoms with Crippen molar-refractivity contribution >= 4 is 22.8 Å². The van der Waals surface area contributed by atoms with E-state index in [9.17, 15) is 4.79 Å². The van der Waals surface area contributed by atoms with Crippen molar-refractivity contribution in [3.05, 3.63) is 65.9 Å². The molecule has 0 aliphatic carbocycles. The monoisotopic (exact) mass is 280 g/mol. The van der Waals surface area contributed by atoms with Crippen LogP contribution in [0.5, 0.6) is 0 Å². The second kappa shape index (κ2) is 5.83. The van der Waals surface area contributed by atoms with Gasteiger partial charge >= 0.3 is 5.97 Å². The lowest BCUT2D eigenvalue weighted by molar-refractivity contribution is -0.142. The smallest absolute Gasteiger partial charge is 0.334 e. The molecule has 1 heterocycles. The lowest BCUT2D eigenvalue weighted by Crippen LogP contribution is -2.21. The van der Waals surface area contributed by atoms with E-state index in [4.69, 9.17) is 9.47 Å². The Morgan fingerprint density at radius 2 is 2.00 bits per heavy atom. The summed E-state index contributed by atoms with van der Waals surface area (Å²) in [5.74, 6) is 0.297. The van der Waals surface area contributed by atoms with Crippen LogP contribution in [0.2, 0.25) is 0 Å². The Morgan fingerprint density at radius 3 is 2.81 bits per heavy atom. The van der Waals surface area contributed by atoms with Crippen molar-refractivity contribution in [3.63, 3.8) is 0 Å². The molecule has 1 unspecified atom stereocenters. The summed E-state index contributed by atoms with van der Waals surface area (Å²) in [7, 11) is 1.56. The van der Waals surface area contributed by atoms with E-state index in [1.54, 1.807) is 7.11 Å². The average molecular weight is 280 g/mol. The van der Waals surface area contributed by atoms with Gasteiger partial charge in [-0.05, 0) is 28.5 Å². The summed E-state index contributed by atoms with van der Waals surface area (Å²) in [6.45, 7) is 0. The van der Waals surface area contributed by atoms with Crippen LogP contribution in [0.4, 0.5) is 0 Å². The highest BCUT2D eigenvalue weighted by molar-refractivity contribution is 5.85. The molecule has 3 rings (SSSR count). The Hall–Kier alpha value is -2.55. The highest BCUT2D eigenvalue weighted by atomic mass is 16.5. The molecular weight excluding hydrogens is 264 g/mol. The summed E-state index contributed by atoms with van der Waals surface area (Å²) in [6.07, 6.45) is 5.56. The minimum atomic E-state index is -0.355. The standard InChI is InChI=1S/C18H16O3/c1-20-17-11-16(21-18(19)12-17)9-7-13-6-8-14-4-2-3-5-15(14)10-13/h2-10,12,16H,11H2,1H3. The van der Waals surface area contributed by atoms with Gasteiger partial charge in [0.15, 0.2) is 0 Å². The number of fused-ring (bicyclic) bond motifs is 1. The number of esters is 1. The fraction of sp³-hybridized carbons (Fsp3) is 0.167. The van der Waals surface area contributed by atoms with Crippen LogP contribution >= 0.6 is 0 Å². The van der Waals surface area contributed by atoms with E-state index in [0.29, 0.717) is 12.2 Å². The largest absolute Gasteiger partial charge is 0.501 e. The number of methoxy groups -OCH3 is 1. The third-order valence-electron chi connectivity index (χ3n) is 3.49. The van der Waals surface area contributed by atoms with Crippen molar-refractivity contribution in [2.24, 2.45) is 0 Å². The molecule has 1 atom stereocenters. The van der Waals surface area contributed by atoms with Gasteiger partial charge in [-0.2, -0.15) is 0 Å². The number of ether oxygens (including phenoxy) is 2. The lowest BCUT2D eigenvalue weighted by Gasteiger charge is -2.19. The SMILES string of the molecule is COC1=CC(=O)OC(C=Cc2ccc3ccccc3c2)C1. The maximum atomic E-state index is 11.4. The Balaban J connectivity index is 1.78. The predicted octanol–water partition coefficient (Wildman–Crippen LogP) is 3.70. The first-order valence-electron chi connectivity index (χ1n) is 6.87. The summed E-state index contributed by atoms with van der Waals surface area (Å²) in [5, 5.41) is 2.40. The zero-order chi connectivity index (χ0) is 14.7. The third kappa shape index (κ3) is 3.14. The number of hydrogen-bond donors (Lipinski definition) is 0. The Labute approximate surface area is 123 Å². The van der Waals surface area contributed by atoms with E-state index in [0.717, 1.165) is 5.56 Å². The molecule has 0 saturated heterocycles. The second-order valence-electron chi connectivity index (χ2n) is 4.96. The van der Waals surface area contributed by atoms with E-state index in [2.05, 4.69) is 30.3 Å². The van der Waals surface area contributed by atoms with Crippen molar-refractivity contribution in [1.82, 2.24) is 0 Å². The van der Waals surface area contributed by atoms with Gasteiger partial charge in [0.25, 0.3) is 0 Å². The average Bonchev–Trinajstić information content (AvgIpc) is 2.52. The summed E-state index contributed by atoms with van der Waals surface area (Å²) in [5.41, 5.74) is 1.08. The van der Waals surface area contributed by atoms with Crippen molar-refractivity contribution in [3.8, 4) is 0 Å². The van der Waals surface area contributed by atoms with E-state index in [-0.39, 0.29) is 12.1 Å². The van der Waals surface area contributed by atoms with Crippen LogP contribution in [-0.2, 0) is 14.3 Å². The van der Waals surface area contributed by atoms with Crippen LogP contribution in [0.25, 0.3) is 16.8 Å². The van der Waals surface area contributed by atoms with Crippen molar-refractivity contribution in [2.45, 2.75) is 12.5 Å². The first kappa shape index (κ1) is 13.4. The minimum absolute atomic E-state index is 0.274. The molecule has 0 amide bonds. The molecule has 106 valence electrons. The summed E-state index contributed by atoms with van der Waals surface area (Å²) in [6, 6.07) is 14.5. The first-order chi connectivity index (χ1) is 10.2. The molecule has 3 nitrogen and oxygen atoms in total. The quantitative estimate of drug-likeness (QED) is 0.804. The van der Waals surface area contributed by atoms with Gasteiger partial charge < -0.3 is 9.47 Å². The third-order valence-corrected chi connectivity index (χ3v) is 3.49. The molecule has 1 aliphatic heterocycles.